The second kappa shape index (κ2) is 9.39. The van der Waals surface area contributed by atoms with E-state index in [9.17, 15) is 4.79 Å². The molecule has 1 fully saturated rings. The van der Waals surface area contributed by atoms with E-state index >= 15 is 0 Å². The highest BCUT2D eigenvalue weighted by atomic mass is 16.5. The highest BCUT2D eigenvalue weighted by Gasteiger charge is 2.24. The first kappa shape index (κ1) is 21.7. The Morgan fingerprint density at radius 3 is 2.03 bits per heavy atom. The topological polar surface area (TPSA) is 71.7 Å². The average Bonchev–Trinajstić information content (AvgIpc) is 3.39. The van der Waals surface area contributed by atoms with Crippen molar-refractivity contribution < 1.29 is 13.9 Å². The third-order valence-electron chi connectivity index (χ3n) is 6.10. The number of rotatable bonds is 5. The molecule has 5 rings (SSSR count). The van der Waals surface area contributed by atoms with E-state index in [2.05, 4.69) is 21.2 Å². The Bertz CT molecular complexity index is 1270. The van der Waals surface area contributed by atoms with Gasteiger partial charge >= 0.3 is 0 Å². The highest BCUT2D eigenvalue weighted by molar-refractivity contribution is 5.94. The molecule has 0 N–H and O–H groups in total. The van der Waals surface area contributed by atoms with Crippen LogP contribution in [-0.2, 0) is 0 Å². The molecule has 0 spiro atoms. The predicted octanol–water partition coefficient (Wildman–Crippen LogP) is 4.68. The molecule has 2 heterocycles. The minimum absolute atomic E-state index is 0.0251. The lowest BCUT2D eigenvalue weighted by atomic mass is 10.1. The van der Waals surface area contributed by atoms with Gasteiger partial charge in [-0.3, -0.25) is 4.79 Å². The van der Waals surface area contributed by atoms with Crippen LogP contribution >= 0.6 is 0 Å². The maximum absolute atomic E-state index is 13.1. The molecule has 0 aliphatic carbocycles. The largest absolute Gasteiger partial charge is 0.495 e. The summed E-state index contributed by atoms with van der Waals surface area (Å²) in [6.45, 7) is 4.86. The van der Waals surface area contributed by atoms with Crippen LogP contribution in [-0.4, -0.2) is 54.3 Å². The number of aromatic nitrogens is 2. The first-order chi connectivity index (χ1) is 16.6. The molecule has 1 aliphatic heterocycles. The van der Waals surface area contributed by atoms with Crippen molar-refractivity contribution in [1.29, 1.82) is 0 Å². The zero-order valence-electron chi connectivity index (χ0n) is 19.3. The maximum Gasteiger partial charge on any atom is 0.253 e. The van der Waals surface area contributed by atoms with E-state index in [1.54, 1.807) is 7.11 Å². The van der Waals surface area contributed by atoms with Crippen molar-refractivity contribution in [2.75, 3.05) is 38.2 Å². The van der Waals surface area contributed by atoms with E-state index in [1.165, 1.54) is 5.56 Å². The highest BCUT2D eigenvalue weighted by Crippen LogP contribution is 2.29. The summed E-state index contributed by atoms with van der Waals surface area (Å²) in [7, 11) is 1.68. The predicted molar refractivity (Wildman–Crippen MR) is 131 cm³/mol. The molecule has 1 amide bonds. The fourth-order valence-electron chi connectivity index (χ4n) is 4.13. The van der Waals surface area contributed by atoms with Gasteiger partial charge in [0, 0.05) is 42.9 Å². The van der Waals surface area contributed by atoms with Gasteiger partial charge in [-0.25, -0.2) is 0 Å². The van der Waals surface area contributed by atoms with Gasteiger partial charge in [0.1, 0.15) is 5.75 Å². The van der Waals surface area contributed by atoms with Gasteiger partial charge in [-0.15, -0.1) is 10.2 Å². The summed E-state index contributed by atoms with van der Waals surface area (Å²) < 4.78 is 11.3. The third kappa shape index (κ3) is 4.37. The number of aryl methyl sites for hydroxylation is 1. The van der Waals surface area contributed by atoms with Crippen LogP contribution in [0.3, 0.4) is 0 Å². The molecule has 172 valence electrons. The van der Waals surface area contributed by atoms with Crippen molar-refractivity contribution >= 4 is 11.6 Å². The molecule has 1 saturated heterocycles. The monoisotopic (exact) mass is 454 g/mol. The number of anilines is 1. The van der Waals surface area contributed by atoms with Crippen LogP contribution in [0.5, 0.6) is 5.75 Å². The Hall–Kier alpha value is -4.13. The Morgan fingerprint density at radius 2 is 1.41 bits per heavy atom. The fraction of sp³-hybridized carbons (Fsp3) is 0.222. The molecule has 4 aromatic rings. The lowest BCUT2D eigenvalue weighted by Gasteiger charge is -2.36. The van der Waals surface area contributed by atoms with Crippen LogP contribution in [0.4, 0.5) is 5.69 Å². The van der Waals surface area contributed by atoms with Gasteiger partial charge in [0.05, 0.1) is 12.8 Å². The van der Waals surface area contributed by atoms with Crippen LogP contribution in [0.1, 0.15) is 15.9 Å². The summed E-state index contributed by atoms with van der Waals surface area (Å²) in [5.41, 5.74) is 4.54. The number of methoxy groups -OCH3 is 1. The van der Waals surface area contributed by atoms with Crippen LogP contribution < -0.4 is 9.64 Å². The number of benzene rings is 3. The van der Waals surface area contributed by atoms with E-state index in [-0.39, 0.29) is 5.91 Å². The summed E-state index contributed by atoms with van der Waals surface area (Å²) in [5, 5.41) is 8.34. The van der Waals surface area contributed by atoms with Crippen molar-refractivity contribution in [2.45, 2.75) is 6.92 Å². The fourth-order valence-corrected chi connectivity index (χ4v) is 4.13. The van der Waals surface area contributed by atoms with Gasteiger partial charge in [0.2, 0.25) is 11.8 Å². The van der Waals surface area contributed by atoms with Crippen molar-refractivity contribution in [2.24, 2.45) is 0 Å². The number of carbonyl (C=O) groups excluding carboxylic acids is 1. The average molecular weight is 455 g/mol. The zero-order valence-corrected chi connectivity index (χ0v) is 19.3. The molecule has 0 bridgehead atoms. The molecule has 0 unspecified atom stereocenters. The number of hydrogen-bond donors (Lipinski definition) is 0. The molecule has 34 heavy (non-hydrogen) atoms. The molecule has 0 radical (unpaired) electrons. The Kier molecular flexibility index (Phi) is 5.99. The van der Waals surface area contributed by atoms with Gasteiger partial charge < -0.3 is 19.0 Å². The first-order valence-corrected chi connectivity index (χ1v) is 11.3. The lowest BCUT2D eigenvalue weighted by molar-refractivity contribution is 0.0746. The molecule has 1 aromatic heterocycles. The molecular weight excluding hydrogens is 428 g/mol. The zero-order chi connectivity index (χ0) is 23.5. The van der Waals surface area contributed by atoms with Crippen molar-refractivity contribution in [1.82, 2.24) is 15.1 Å². The van der Waals surface area contributed by atoms with Crippen molar-refractivity contribution in [3.63, 3.8) is 0 Å². The Morgan fingerprint density at radius 1 is 0.824 bits per heavy atom. The number of piperazine rings is 1. The Balaban J connectivity index is 1.24. The molecule has 1 aliphatic rings. The normalized spacial score (nSPS) is 13.7. The van der Waals surface area contributed by atoms with Crippen LogP contribution in [0, 0.1) is 6.92 Å². The summed E-state index contributed by atoms with van der Waals surface area (Å²) >= 11 is 0. The van der Waals surface area contributed by atoms with Crippen molar-refractivity contribution in [3.8, 4) is 28.7 Å². The summed E-state index contributed by atoms with van der Waals surface area (Å²) in [4.78, 5) is 17.2. The van der Waals surface area contributed by atoms with E-state index in [4.69, 9.17) is 9.15 Å². The van der Waals surface area contributed by atoms with Gasteiger partial charge in [-0.2, -0.15) is 0 Å². The van der Waals surface area contributed by atoms with Gasteiger partial charge in [-0.1, -0.05) is 29.8 Å². The van der Waals surface area contributed by atoms with Crippen LogP contribution in [0.15, 0.2) is 77.2 Å². The second-order valence-corrected chi connectivity index (χ2v) is 8.31. The summed E-state index contributed by atoms with van der Waals surface area (Å²) in [6, 6.07) is 23.3. The number of ether oxygens (including phenoxy) is 1. The molecule has 0 atom stereocenters. The van der Waals surface area contributed by atoms with Crippen molar-refractivity contribution in [3.05, 3.63) is 83.9 Å². The van der Waals surface area contributed by atoms with Crippen LogP contribution in [0.25, 0.3) is 22.9 Å². The smallest absolute Gasteiger partial charge is 0.253 e. The second-order valence-electron chi connectivity index (χ2n) is 8.31. The first-order valence-electron chi connectivity index (χ1n) is 11.3. The number of amides is 1. The van der Waals surface area contributed by atoms with E-state index in [0.717, 1.165) is 35.7 Å². The standard InChI is InChI=1S/C27H26N4O3/c1-19-7-9-20(10-8-19)25-28-29-26(34-25)21-11-13-22(14-12-21)27(32)31-17-15-30(16-18-31)23-5-3-4-6-24(23)33-2/h3-14H,15-18H2,1-2H3. The molecule has 7 nitrogen and oxygen atoms in total. The number of carbonyl (C=O) groups is 1. The lowest BCUT2D eigenvalue weighted by Crippen LogP contribution is -2.48. The van der Waals surface area contributed by atoms with Crippen LogP contribution in [0.2, 0.25) is 0 Å². The molecule has 7 heteroatoms. The molecular formula is C27H26N4O3. The molecule has 3 aromatic carbocycles. The van der Waals surface area contributed by atoms with E-state index in [1.807, 2.05) is 78.6 Å². The third-order valence-corrected chi connectivity index (χ3v) is 6.10. The number of hydrogen-bond acceptors (Lipinski definition) is 6. The van der Waals surface area contributed by atoms with Gasteiger partial charge in [0.25, 0.3) is 5.91 Å². The summed E-state index contributed by atoms with van der Waals surface area (Å²) in [5.74, 6) is 1.78. The van der Waals surface area contributed by atoms with Gasteiger partial charge in [0.15, 0.2) is 0 Å². The Labute approximate surface area is 198 Å². The van der Waals surface area contributed by atoms with Gasteiger partial charge in [-0.05, 0) is 55.5 Å². The number of nitrogens with zero attached hydrogens (tertiary/aromatic N) is 4. The minimum Gasteiger partial charge on any atom is -0.495 e. The summed E-state index contributed by atoms with van der Waals surface area (Å²) in [6.07, 6.45) is 0. The van der Waals surface area contributed by atoms with E-state index < -0.39 is 0 Å². The van der Waals surface area contributed by atoms with E-state index in [0.29, 0.717) is 30.4 Å². The molecule has 0 saturated carbocycles. The number of para-hydroxylation sites is 2. The quantitative estimate of drug-likeness (QED) is 0.436. The maximum atomic E-state index is 13.1. The SMILES string of the molecule is COc1ccccc1N1CCN(C(=O)c2ccc(-c3nnc(-c4ccc(C)cc4)o3)cc2)CC1. The minimum atomic E-state index is 0.0251.